The second-order valence-electron chi connectivity index (χ2n) is 5.75. The van der Waals surface area contributed by atoms with Crippen molar-refractivity contribution in [1.82, 2.24) is 15.5 Å². The molecule has 6 heteroatoms. The molecule has 0 aliphatic heterocycles. The third kappa shape index (κ3) is 5.18. The molecule has 0 fully saturated rings. The number of hydrogen-bond donors (Lipinski definition) is 2. The van der Waals surface area contributed by atoms with Gasteiger partial charge in [-0.15, -0.1) is 11.3 Å². The van der Waals surface area contributed by atoms with E-state index in [2.05, 4.69) is 10.6 Å². The third-order valence-electron chi connectivity index (χ3n) is 3.66. The van der Waals surface area contributed by atoms with Gasteiger partial charge in [0.1, 0.15) is 0 Å². The van der Waals surface area contributed by atoms with Gasteiger partial charge < -0.3 is 10.6 Å². The summed E-state index contributed by atoms with van der Waals surface area (Å²) in [5.41, 5.74) is 1.69. The molecular weight excluding hydrogens is 322 g/mol. The van der Waals surface area contributed by atoms with Crippen LogP contribution in [0.15, 0.2) is 41.8 Å². The topological polar surface area (TPSA) is 61.4 Å². The van der Waals surface area contributed by atoms with Crippen LogP contribution < -0.4 is 10.6 Å². The largest absolute Gasteiger partial charge is 0.355 e. The Morgan fingerprint density at radius 2 is 1.92 bits per heavy atom. The highest BCUT2D eigenvalue weighted by Gasteiger charge is 2.12. The summed E-state index contributed by atoms with van der Waals surface area (Å²) in [7, 11) is 3.52. The summed E-state index contributed by atoms with van der Waals surface area (Å²) >= 11 is 1.64. The van der Waals surface area contributed by atoms with E-state index >= 15 is 0 Å². The zero-order chi connectivity index (χ0) is 17.5. The first-order valence-corrected chi connectivity index (χ1v) is 8.70. The smallest absolute Gasteiger partial charge is 0.251 e. The van der Waals surface area contributed by atoms with Gasteiger partial charge in [0, 0.05) is 24.0 Å². The van der Waals surface area contributed by atoms with Crippen molar-refractivity contribution in [2.75, 3.05) is 20.6 Å². The van der Waals surface area contributed by atoms with Crippen molar-refractivity contribution in [3.63, 3.8) is 0 Å². The van der Waals surface area contributed by atoms with E-state index in [0.29, 0.717) is 18.7 Å². The summed E-state index contributed by atoms with van der Waals surface area (Å²) in [6.07, 6.45) is 0. The monoisotopic (exact) mass is 345 g/mol. The number of nitrogens with one attached hydrogen (secondary N) is 2. The lowest BCUT2D eigenvalue weighted by molar-refractivity contribution is -0.122. The molecule has 1 heterocycles. The first-order chi connectivity index (χ1) is 11.5. The molecule has 0 aliphatic rings. The van der Waals surface area contributed by atoms with Crippen molar-refractivity contribution in [1.29, 1.82) is 0 Å². The summed E-state index contributed by atoms with van der Waals surface area (Å²) in [6.45, 7) is 2.96. The van der Waals surface area contributed by atoms with Crippen LogP contribution in [0.2, 0.25) is 0 Å². The van der Waals surface area contributed by atoms with Crippen molar-refractivity contribution in [2.24, 2.45) is 0 Å². The second kappa shape index (κ2) is 8.61. The highest BCUT2D eigenvalue weighted by molar-refractivity contribution is 7.10. The van der Waals surface area contributed by atoms with Crippen LogP contribution in [0.5, 0.6) is 0 Å². The van der Waals surface area contributed by atoms with E-state index in [1.165, 1.54) is 0 Å². The standard InChI is InChI=1S/C18H23N3O2S/c1-13(16-5-4-10-24-16)20-17(22)12-21(3)11-14-6-8-15(9-7-14)18(23)19-2/h4-10,13H,11-12H2,1-3H3,(H,19,23)(H,20,22)/t13-/m0/s1. The van der Waals surface area contributed by atoms with Crippen molar-refractivity contribution in [3.8, 4) is 0 Å². The number of nitrogens with zero attached hydrogens (tertiary/aromatic N) is 1. The molecular formula is C18H23N3O2S. The summed E-state index contributed by atoms with van der Waals surface area (Å²) in [6, 6.07) is 11.4. The second-order valence-corrected chi connectivity index (χ2v) is 6.73. The van der Waals surface area contributed by atoms with Crippen molar-refractivity contribution < 1.29 is 9.59 Å². The Morgan fingerprint density at radius 1 is 1.21 bits per heavy atom. The minimum atomic E-state index is -0.100. The van der Waals surface area contributed by atoms with E-state index in [1.54, 1.807) is 30.5 Å². The zero-order valence-electron chi connectivity index (χ0n) is 14.2. The van der Waals surface area contributed by atoms with Gasteiger partial charge in [0.15, 0.2) is 0 Å². The zero-order valence-corrected chi connectivity index (χ0v) is 15.0. The molecule has 2 aromatic rings. The van der Waals surface area contributed by atoms with Gasteiger partial charge in [-0.2, -0.15) is 0 Å². The first kappa shape index (κ1) is 18.2. The number of amides is 2. The number of rotatable bonds is 7. The van der Waals surface area contributed by atoms with Crippen LogP contribution in [-0.2, 0) is 11.3 Å². The van der Waals surface area contributed by atoms with E-state index in [4.69, 9.17) is 0 Å². The van der Waals surface area contributed by atoms with E-state index in [1.807, 2.05) is 48.5 Å². The van der Waals surface area contributed by atoms with Gasteiger partial charge in [-0.3, -0.25) is 14.5 Å². The Labute approximate surface area is 146 Å². The molecule has 2 amide bonds. The lowest BCUT2D eigenvalue weighted by atomic mass is 10.1. The summed E-state index contributed by atoms with van der Waals surface area (Å²) in [5, 5.41) is 7.61. The Kier molecular flexibility index (Phi) is 6.52. The lowest BCUT2D eigenvalue weighted by Gasteiger charge is -2.18. The molecule has 0 saturated carbocycles. The molecule has 1 aromatic carbocycles. The van der Waals surface area contributed by atoms with Crippen LogP contribution in [0.1, 0.15) is 33.8 Å². The lowest BCUT2D eigenvalue weighted by Crippen LogP contribution is -2.36. The van der Waals surface area contributed by atoms with Crippen LogP contribution in [0, 0.1) is 0 Å². The molecule has 0 bridgehead atoms. The summed E-state index contributed by atoms with van der Waals surface area (Å²) < 4.78 is 0. The number of thiophene rings is 1. The number of carbonyl (C=O) groups excluding carboxylic acids is 2. The SMILES string of the molecule is CNC(=O)c1ccc(CN(C)CC(=O)N[C@@H](C)c2cccs2)cc1. The quantitative estimate of drug-likeness (QED) is 0.810. The van der Waals surface area contributed by atoms with Crippen LogP contribution in [0.3, 0.4) is 0 Å². The van der Waals surface area contributed by atoms with Crippen LogP contribution in [0.4, 0.5) is 0 Å². The fourth-order valence-corrected chi connectivity index (χ4v) is 3.15. The molecule has 2 rings (SSSR count). The first-order valence-electron chi connectivity index (χ1n) is 7.82. The highest BCUT2D eigenvalue weighted by Crippen LogP contribution is 2.17. The Hall–Kier alpha value is -2.18. The van der Waals surface area contributed by atoms with E-state index < -0.39 is 0 Å². The fourth-order valence-electron chi connectivity index (χ4n) is 2.41. The maximum atomic E-state index is 12.1. The molecule has 24 heavy (non-hydrogen) atoms. The highest BCUT2D eigenvalue weighted by atomic mass is 32.1. The van der Waals surface area contributed by atoms with Gasteiger partial charge in [0.2, 0.25) is 5.91 Å². The molecule has 0 unspecified atom stereocenters. The normalized spacial score (nSPS) is 12.0. The summed E-state index contributed by atoms with van der Waals surface area (Å²) in [4.78, 5) is 26.7. The number of carbonyl (C=O) groups is 2. The van der Waals surface area contributed by atoms with Crippen LogP contribution in [0.25, 0.3) is 0 Å². The predicted octanol–water partition coefficient (Wildman–Crippen LogP) is 2.42. The summed E-state index contributed by atoms with van der Waals surface area (Å²) in [5.74, 6) is -0.0998. The van der Waals surface area contributed by atoms with Crippen molar-refractivity contribution in [3.05, 3.63) is 57.8 Å². The average molecular weight is 345 g/mol. The molecule has 0 aliphatic carbocycles. The third-order valence-corrected chi connectivity index (χ3v) is 4.71. The van der Waals surface area contributed by atoms with Crippen molar-refractivity contribution >= 4 is 23.2 Å². The molecule has 0 spiro atoms. The van der Waals surface area contributed by atoms with Gasteiger partial charge in [-0.1, -0.05) is 18.2 Å². The molecule has 5 nitrogen and oxygen atoms in total. The van der Waals surface area contributed by atoms with E-state index in [-0.39, 0.29) is 17.9 Å². The minimum absolute atomic E-state index is 0.000353. The average Bonchev–Trinajstić information content (AvgIpc) is 3.09. The van der Waals surface area contributed by atoms with Gasteiger partial charge in [-0.05, 0) is 43.1 Å². The van der Waals surface area contributed by atoms with Crippen LogP contribution in [-0.4, -0.2) is 37.4 Å². The predicted molar refractivity (Wildman–Crippen MR) is 97.0 cm³/mol. The van der Waals surface area contributed by atoms with E-state index in [0.717, 1.165) is 10.4 Å². The van der Waals surface area contributed by atoms with Gasteiger partial charge >= 0.3 is 0 Å². The fraction of sp³-hybridized carbons (Fsp3) is 0.333. The maximum absolute atomic E-state index is 12.1. The Bertz CT molecular complexity index is 668. The van der Waals surface area contributed by atoms with Gasteiger partial charge in [0.05, 0.1) is 12.6 Å². The van der Waals surface area contributed by atoms with Crippen molar-refractivity contribution in [2.45, 2.75) is 19.5 Å². The maximum Gasteiger partial charge on any atom is 0.251 e. The Morgan fingerprint density at radius 3 is 2.50 bits per heavy atom. The molecule has 1 atom stereocenters. The molecule has 0 saturated heterocycles. The molecule has 2 N–H and O–H groups in total. The van der Waals surface area contributed by atoms with Gasteiger partial charge in [-0.25, -0.2) is 0 Å². The van der Waals surface area contributed by atoms with Gasteiger partial charge in [0.25, 0.3) is 5.91 Å². The Balaban J connectivity index is 1.82. The van der Waals surface area contributed by atoms with E-state index in [9.17, 15) is 9.59 Å². The number of likely N-dealkylation sites (N-methyl/N-ethyl adjacent to an activating group) is 1. The van der Waals surface area contributed by atoms with Crippen LogP contribution >= 0.6 is 11.3 Å². The minimum Gasteiger partial charge on any atom is -0.355 e. The number of benzene rings is 1. The molecule has 128 valence electrons. The molecule has 1 aromatic heterocycles. The molecule has 0 radical (unpaired) electrons. The number of hydrogen-bond acceptors (Lipinski definition) is 4.